The van der Waals surface area contributed by atoms with Crippen LogP contribution < -0.4 is 5.32 Å². The van der Waals surface area contributed by atoms with Gasteiger partial charge in [-0.25, -0.2) is 0 Å². The van der Waals surface area contributed by atoms with Crippen molar-refractivity contribution in [1.29, 1.82) is 0 Å². The molecule has 1 atom stereocenters. The molecular formula is C22H30N4O3. The molecular weight excluding hydrogens is 368 g/mol. The summed E-state index contributed by atoms with van der Waals surface area (Å²) in [4.78, 5) is 26.7. The summed E-state index contributed by atoms with van der Waals surface area (Å²) < 4.78 is 5.69. The smallest absolute Gasteiger partial charge is 0.247 e. The van der Waals surface area contributed by atoms with Crippen molar-refractivity contribution in [3.63, 3.8) is 0 Å². The van der Waals surface area contributed by atoms with Crippen LogP contribution in [0.2, 0.25) is 0 Å². The molecule has 0 spiro atoms. The molecule has 7 nitrogen and oxygen atoms in total. The molecule has 1 fully saturated rings. The number of benzene rings is 1. The average Bonchev–Trinajstić information content (AvgIpc) is 3.23. The second kappa shape index (κ2) is 10.7. The molecule has 1 saturated heterocycles. The first-order valence-corrected chi connectivity index (χ1v) is 10.6. The summed E-state index contributed by atoms with van der Waals surface area (Å²) in [5, 5.41) is 11.1. The number of aryl methyl sites for hydroxylation is 1. The van der Waals surface area contributed by atoms with Crippen molar-refractivity contribution >= 4 is 11.8 Å². The summed E-state index contributed by atoms with van der Waals surface area (Å²) >= 11 is 0. The monoisotopic (exact) mass is 398 g/mol. The lowest BCUT2D eigenvalue weighted by Gasteiger charge is -2.32. The van der Waals surface area contributed by atoms with Gasteiger partial charge in [0, 0.05) is 38.0 Å². The third-order valence-corrected chi connectivity index (χ3v) is 5.24. The van der Waals surface area contributed by atoms with E-state index in [1.807, 2.05) is 35.2 Å². The number of carbonyl (C=O) groups is 2. The molecule has 2 heterocycles. The van der Waals surface area contributed by atoms with Gasteiger partial charge < -0.3 is 14.6 Å². The van der Waals surface area contributed by atoms with Crippen molar-refractivity contribution in [1.82, 2.24) is 20.4 Å². The van der Waals surface area contributed by atoms with E-state index in [4.69, 9.17) is 4.42 Å². The highest BCUT2D eigenvalue weighted by Crippen LogP contribution is 2.20. The fourth-order valence-corrected chi connectivity index (χ4v) is 3.55. The van der Waals surface area contributed by atoms with Gasteiger partial charge in [0.2, 0.25) is 23.6 Å². The van der Waals surface area contributed by atoms with Gasteiger partial charge in [-0.05, 0) is 37.8 Å². The highest BCUT2D eigenvalue weighted by Gasteiger charge is 2.27. The second-order valence-corrected chi connectivity index (χ2v) is 7.54. The number of aromatic nitrogens is 2. The molecule has 1 aromatic carbocycles. The minimum Gasteiger partial charge on any atom is -0.421 e. The Morgan fingerprint density at radius 3 is 2.83 bits per heavy atom. The van der Waals surface area contributed by atoms with E-state index in [9.17, 15) is 9.59 Å². The highest BCUT2D eigenvalue weighted by molar-refractivity contribution is 5.81. The number of nitrogens with one attached hydrogen (secondary N) is 1. The number of rotatable bonds is 9. The lowest BCUT2D eigenvalue weighted by atomic mass is 9.96. The Hall–Kier alpha value is -2.70. The molecule has 0 aliphatic carbocycles. The van der Waals surface area contributed by atoms with Gasteiger partial charge in [0.05, 0.1) is 5.92 Å². The second-order valence-electron chi connectivity index (χ2n) is 7.54. The van der Waals surface area contributed by atoms with E-state index in [0.29, 0.717) is 37.6 Å². The first kappa shape index (κ1) is 21.0. The van der Waals surface area contributed by atoms with Crippen LogP contribution in [0.15, 0.2) is 34.7 Å². The van der Waals surface area contributed by atoms with E-state index in [1.165, 1.54) is 0 Å². The van der Waals surface area contributed by atoms with E-state index < -0.39 is 0 Å². The molecule has 1 aliphatic rings. The Morgan fingerprint density at radius 1 is 1.21 bits per heavy atom. The molecule has 1 aromatic heterocycles. The quantitative estimate of drug-likeness (QED) is 0.655. The van der Waals surface area contributed by atoms with Gasteiger partial charge in [0.15, 0.2) is 0 Å². The first-order valence-electron chi connectivity index (χ1n) is 10.6. The first-order chi connectivity index (χ1) is 14.2. The average molecular weight is 399 g/mol. The van der Waals surface area contributed by atoms with Crippen LogP contribution in [0.1, 0.15) is 51.3 Å². The van der Waals surface area contributed by atoms with Crippen molar-refractivity contribution in [2.75, 3.05) is 19.6 Å². The number of hydrogen-bond acceptors (Lipinski definition) is 5. The lowest BCUT2D eigenvalue weighted by Crippen LogP contribution is -2.45. The zero-order valence-electron chi connectivity index (χ0n) is 17.1. The number of hydrogen-bond donors (Lipinski definition) is 1. The van der Waals surface area contributed by atoms with Gasteiger partial charge in [-0.1, -0.05) is 31.5 Å². The van der Waals surface area contributed by atoms with E-state index >= 15 is 0 Å². The summed E-state index contributed by atoms with van der Waals surface area (Å²) in [5.74, 6) is 1.13. The van der Waals surface area contributed by atoms with Gasteiger partial charge in [-0.3, -0.25) is 9.59 Å². The fraction of sp³-hybridized carbons (Fsp3) is 0.545. The molecule has 2 amide bonds. The Kier molecular flexibility index (Phi) is 7.78. The van der Waals surface area contributed by atoms with Crippen LogP contribution in [-0.2, 0) is 16.0 Å². The Morgan fingerprint density at radius 2 is 2.03 bits per heavy atom. The maximum Gasteiger partial charge on any atom is 0.247 e. The predicted molar refractivity (Wildman–Crippen MR) is 110 cm³/mol. The topological polar surface area (TPSA) is 88.3 Å². The van der Waals surface area contributed by atoms with E-state index in [0.717, 1.165) is 44.3 Å². The van der Waals surface area contributed by atoms with Gasteiger partial charge in [0.1, 0.15) is 0 Å². The van der Waals surface area contributed by atoms with Gasteiger partial charge in [0.25, 0.3) is 0 Å². The van der Waals surface area contributed by atoms with Crippen molar-refractivity contribution in [3.8, 4) is 11.5 Å². The summed E-state index contributed by atoms with van der Waals surface area (Å²) in [7, 11) is 0. The van der Waals surface area contributed by atoms with Crippen LogP contribution in [0.5, 0.6) is 0 Å². The number of nitrogens with zero attached hydrogens (tertiary/aromatic N) is 3. The van der Waals surface area contributed by atoms with Crippen molar-refractivity contribution in [2.24, 2.45) is 5.92 Å². The maximum absolute atomic E-state index is 12.6. The van der Waals surface area contributed by atoms with Crippen molar-refractivity contribution in [3.05, 3.63) is 36.2 Å². The van der Waals surface area contributed by atoms with E-state index in [-0.39, 0.29) is 17.7 Å². The summed E-state index contributed by atoms with van der Waals surface area (Å²) in [6.07, 6.45) is 5.42. The molecule has 0 bridgehead atoms. The van der Waals surface area contributed by atoms with E-state index in [1.54, 1.807) is 0 Å². The number of amides is 2. The van der Waals surface area contributed by atoms with Crippen LogP contribution >= 0.6 is 0 Å². The van der Waals surface area contributed by atoms with E-state index in [2.05, 4.69) is 22.4 Å². The molecule has 2 aromatic rings. The molecule has 29 heavy (non-hydrogen) atoms. The zero-order chi connectivity index (χ0) is 20.5. The zero-order valence-corrected chi connectivity index (χ0v) is 17.1. The fourth-order valence-electron chi connectivity index (χ4n) is 3.55. The molecule has 7 heteroatoms. The predicted octanol–water partition coefficient (Wildman–Crippen LogP) is 3.21. The molecule has 0 radical (unpaired) electrons. The molecule has 1 unspecified atom stereocenters. The third kappa shape index (κ3) is 6.14. The number of carbonyl (C=O) groups excluding carboxylic acids is 2. The number of unbranched alkanes of at least 4 members (excludes halogenated alkanes) is 1. The minimum absolute atomic E-state index is 0.0789. The van der Waals surface area contributed by atoms with Crippen molar-refractivity contribution in [2.45, 2.75) is 51.9 Å². The van der Waals surface area contributed by atoms with Crippen molar-refractivity contribution < 1.29 is 14.0 Å². The summed E-state index contributed by atoms with van der Waals surface area (Å²) in [6.45, 7) is 4.07. The maximum atomic E-state index is 12.6. The number of piperidine rings is 1. The minimum atomic E-state index is -0.0890. The van der Waals surface area contributed by atoms with Crippen LogP contribution in [0.25, 0.3) is 11.5 Å². The van der Waals surface area contributed by atoms with Gasteiger partial charge in [-0.15, -0.1) is 10.2 Å². The molecule has 3 rings (SSSR count). The standard InChI is InChI=1S/C22H30N4O3/c1-2-3-14-23-21(28)18-11-8-15-26(16-18)20(27)13-7-12-19-24-25-22(29-19)17-9-5-4-6-10-17/h4-6,9-10,18H,2-3,7-8,11-16H2,1H3,(H,23,28). The van der Waals surface area contributed by atoms with Crippen LogP contribution in [0.4, 0.5) is 0 Å². The third-order valence-electron chi connectivity index (χ3n) is 5.24. The SMILES string of the molecule is CCCCNC(=O)C1CCCN(C(=O)CCCc2nnc(-c3ccccc3)o2)C1. The Balaban J connectivity index is 1.42. The summed E-state index contributed by atoms with van der Waals surface area (Å²) in [6, 6.07) is 9.63. The highest BCUT2D eigenvalue weighted by atomic mass is 16.4. The van der Waals surface area contributed by atoms with Gasteiger partial charge in [-0.2, -0.15) is 0 Å². The Bertz CT molecular complexity index is 790. The normalized spacial score (nSPS) is 16.6. The summed E-state index contributed by atoms with van der Waals surface area (Å²) in [5.41, 5.74) is 0.888. The molecule has 156 valence electrons. The van der Waals surface area contributed by atoms with Crippen LogP contribution in [-0.4, -0.2) is 46.5 Å². The largest absolute Gasteiger partial charge is 0.421 e. The Labute approximate surface area is 171 Å². The van der Waals surface area contributed by atoms with Crippen LogP contribution in [0, 0.1) is 5.92 Å². The number of likely N-dealkylation sites (tertiary alicyclic amines) is 1. The van der Waals surface area contributed by atoms with Crippen LogP contribution in [0.3, 0.4) is 0 Å². The molecule has 1 aliphatic heterocycles. The molecule has 1 N–H and O–H groups in total. The lowest BCUT2D eigenvalue weighted by molar-refractivity contribution is -0.135. The molecule has 0 saturated carbocycles. The van der Waals surface area contributed by atoms with Gasteiger partial charge >= 0.3 is 0 Å².